The SMILES string of the molecule is CN1C(=O)C[C@@H](C(=O)N2CC[C@]3(O)CCCC[C@H]3C2)[C@@H]1c1ccccc1. The van der Waals surface area contributed by atoms with Gasteiger partial charge in [-0.2, -0.15) is 0 Å². The summed E-state index contributed by atoms with van der Waals surface area (Å²) in [6, 6.07) is 9.66. The minimum absolute atomic E-state index is 0.0309. The zero-order chi connectivity index (χ0) is 18.3. The maximum atomic E-state index is 13.3. The minimum atomic E-state index is -0.587. The third kappa shape index (κ3) is 2.92. The number of likely N-dealkylation sites (tertiary alicyclic amines) is 2. The molecule has 0 spiro atoms. The minimum Gasteiger partial charge on any atom is -0.389 e. The number of piperidine rings is 1. The molecule has 0 bridgehead atoms. The number of hydrogen-bond donors (Lipinski definition) is 1. The number of amides is 2. The van der Waals surface area contributed by atoms with E-state index in [4.69, 9.17) is 0 Å². The number of nitrogens with zero attached hydrogens (tertiary/aromatic N) is 2. The average molecular weight is 356 g/mol. The zero-order valence-corrected chi connectivity index (χ0v) is 15.4. The highest BCUT2D eigenvalue weighted by Gasteiger charge is 2.48. The number of carbonyl (C=O) groups excluding carboxylic acids is 2. The summed E-state index contributed by atoms with van der Waals surface area (Å²) in [6.45, 7) is 1.23. The predicted octanol–water partition coefficient (Wildman–Crippen LogP) is 2.36. The molecule has 5 heteroatoms. The van der Waals surface area contributed by atoms with Crippen LogP contribution in [0.3, 0.4) is 0 Å². The van der Waals surface area contributed by atoms with Gasteiger partial charge in [-0.1, -0.05) is 43.2 Å². The molecule has 3 fully saturated rings. The molecule has 140 valence electrons. The predicted molar refractivity (Wildman–Crippen MR) is 98.2 cm³/mol. The van der Waals surface area contributed by atoms with Crippen molar-refractivity contribution in [2.75, 3.05) is 20.1 Å². The maximum absolute atomic E-state index is 13.3. The highest BCUT2D eigenvalue weighted by atomic mass is 16.3. The molecule has 2 heterocycles. The summed E-state index contributed by atoms with van der Waals surface area (Å²) in [6.07, 6.45) is 5.00. The van der Waals surface area contributed by atoms with E-state index in [1.807, 2.05) is 35.2 Å². The summed E-state index contributed by atoms with van der Waals surface area (Å²) < 4.78 is 0. The van der Waals surface area contributed by atoms with Crippen LogP contribution in [-0.2, 0) is 9.59 Å². The number of hydrogen-bond acceptors (Lipinski definition) is 3. The van der Waals surface area contributed by atoms with Crippen LogP contribution < -0.4 is 0 Å². The molecular weight excluding hydrogens is 328 g/mol. The highest BCUT2D eigenvalue weighted by molar-refractivity contribution is 5.90. The van der Waals surface area contributed by atoms with Crippen molar-refractivity contribution in [2.24, 2.45) is 11.8 Å². The first-order valence-corrected chi connectivity index (χ1v) is 9.81. The zero-order valence-electron chi connectivity index (χ0n) is 15.4. The molecule has 2 amide bonds. The first kappa shape index (κ1) is 17.5. The lowest BCUT2D eigenvalue weighted by Crippen LogP contribution is -2.55. The van der Waals surface area contributed by atoms with Crippen LogP contribution in [0.2, 0.25) is 0 Å². The van der Waals surface area contributed by atoms with Gasteiger partial charge in [0.2, 0.25) is 11.8 Å². The highest BCUT2D eigenvalue weighted by Crippen LogP contribution is 2.42. The molecule has 1 aliphatic carbocycles. The largest absolute Gasteiger partial charge is 0.389 e. The van der Waals surface area contributed by atoms with Gasteiger partial charge in [0.25, 0.3) is 0 Å². The van der Waals surface area contributed by atoms with Crippen molar-refractivity contribution < 1.29 is 14.7 Å². The first-order chi connectivity index (χ1) is 12.5. The van der Waals surface area contributed by atoms with E-state index in [1.54, 1.807) is 11.9 Å². The van der Waals surface area contributed by atoms with Crippen LogP contribution in [0.25, 0.3) is 0 Å². The van der Waals surface area contributed by atoms with Gasteiger partial charge in [-0.3, -0.25) is 9.59 Å². The van der Waals surface area contributed by atoms with Gasteiger partial charge >= 0.3 is 0 Å². The van der Waals surface area contributed by atoms with E-state index in [1.165, 1.54) is 0 Å². The van der Waals surface area contributed by atoms with Gasteiger partial charge < -0.3 is 14.9 Å². The second-order valence-corrected chi connectivity index (χ2v) is 8.25. The van der Waals surface area contributed by atoms with Crippen molar-refractivity contribution in [3.05, 3.63) is 35.9 Å². The van der Waals surface area contributed by atoms with Crippen LogP contribution in [0.4, 0.5) is 0 Å². The Bertz CT molecular complexity index is 692. The fourth-order valence-electron chi connectivity index (χ4n) is 5.20. The van der Waals surface area contributed by atoms with Gasteiger partial charge in [0.15, 0.2) is 0 Å². The van der Waals surface area contributed by atoms with E-state index >= 15 is 0 Å². The van der Waals surface area contributed by atoms with Crippen molar-refractivity contribution in [3.8, 4) is 0 Å². The smallest absolute Gasteiger partial charge is 0.228 e. The molecule has 1 aromatic carbocycles. The summed E-state index contributed by atoms with van der Waals surface area (Å²) in [7, 11) is 1.80. The normalized spacial score (nSPS) is 34.7. The summed E-state index contributed by atoms with van der Waals surface area (Å²) in [4.78, 5) is 29.3. The average Bonchev–Trinajstić information content (AvgIpc) is 2.96. The molecule has 4 rings (SSSR count). The van der Waals surface area contributed by atoms with Crippen molar-refractivity contribution in [3.63, 3.8) is 0 Å². The van der Waals surface area contributed by atoms with Crippen molar-refractivity contribution in [2.45, 2.75) is 50.2 Å². The Labute approximate surface area is 155 Å². The van der Waals surface area contributed by atoms with E-state index in [2.05, 4.69) is 0 Å². The molecule has 2 saturated heterocycles. The molecule has 0 unspecified atom stereocenters. The third-order valence-electron chi connectivity index (χ3n) is 6.78. The van der Waals surface area contributed by atoms with E-state index in [9.17, 15) is 14.7 Å². The second-order valence-electron chi connectivity index (χ2n) is 8.25. The first-order valence-electron chi connectivity index (χ1n) is 9.81. The van der Waals surface area contributed by atoms with Gasteiger partial charge in [0, 0.05) is 32.5 Å². The summed E-state index contributed by atoms with van der Waals surface area (Å²) in [5.74, 6) is -0.0452. The fourth-order valence-corrected chi connectivity index (χ4v) is 5.20. The lowest BCUT2D eigenvalue weighted by atomic mass is 9.71. The summed E-state index contributed by atoms with van der Waals surface area (Å²) in [5.41, 5.74) is 0.432. The molecule has 2 aliphatic heterocycles. The Hall–Kier alpha value is -1.88. The van der Waals surface area contributed by atoms with Gasteiger partial charge in [0.1, 0.15) is 0 Å². The summed E-state index contributed by atoms with van der Waals surface area (Å²) >= 11 is 0. The molecule has 1 aromatic rings. The number of carbonyl (C=O) groups is 2. The topological polar surface area (TPSA) is 60.9 Å². The Balaban J connectivity index is 1.54. The maximum Gasteiger partial charge on any atom is 0.228 e. The Morgan fingerprint density at radius 3 is 2.73 bits per heavy atom. The van der Waals surface area contributed by atoms with Crippen molar-refractivity contribution >= 4 is 11.8 Å². The Morgan fingerprint density at radius 2 is 1.96 bits per heavy atom. The molecule has 1 saturated carbocycles. The second kappa shape index (κ2) is 6.69. The van der Waals surface area contributed by atoms with Gasteiger partial charge in [0.05, 0.1) is 17.6 Å². The lowest BCUT2D eigenvalue weighted by Gasteiger charge is -2.48. The van der Waals surface area contributed by atoms with E-state index in [0.29, 0.717) is 19.5 Å². The quantitative estimate of drug-likeness (QED) is 0.885. The number of rotatable bonds is 2. The molecule has 26 heavy (non-hydrogen) atoms. The van der Waals surface area contributed by atoms with Crippen LogP contribution in [0, 0.1) is 11.8 Å². The molecular formula is C21H28N2O3. The Morgan fingerprint density at radius 1 is 1.19 bits per heavy atom. The molecule has 5 nitrogen and oxygen atoms in total. The third-order valence-corrected chi connectivity index (χ3v) is 6.78. The van der Waals surface area contributed by atoms with Crippen LogP contribution >= 0.6 is 0 Å². The van der Waals surface area contributed by atoms with Gasteiger partial charge in [-0.05, 0) is 24.8 Å². The van der Waals surface area contributed by atoms with E-state index in [-0.39, 0.29) is 36.1 Å². The number of benzene rings is 1. The molecule has 0 aromatic heterocycles. The van der Waals surface area contributed by atoms with Crippen LogP contribution in [0.5, 0.6) is 0 Å². The van der Waals surface area contributed by atoms with Crippen LogP contribution in [0.15, 0.2) is 30.3 Å². The van der Waals surface area contributed by atoms with Crippen LogP contribution in [-0.4, -0.2) is 52.5 Å². The Kier molecular flexibility index (Phi) is 4.51. The molecule has 0 radical (unpaired) electrons. The monoisotopic (exact) mass is 356 g/mol. The van der Waals surface area contributed by atoms with E-state index < -0.39 is 5.60 Å². The molecule has 3 aliphatic rings. The van der Waals surface area contributed by atoms with E-state index in [0.717, 1.165) is 31.2 Å². The standard InChI is InChI=1S/C21H28N2O3/c1-22-18(24)13-17(19(22)15-7-3-2-4-8-15)20(25)23-12-11-21(26)10-6-5-9-16(21)14-23/h2-4,7-8,16-17,19,26H,5-6,9-14H2,1H3/t16-,17+,19-,21+/m0/s1. The summed E-state index contributed by atoms with van der Waals surface area (Å²) in [5, 5.41) is 10.9. The number of fused-ring (bicyclic) bond motifs is 1. The van der Waals surface area contributed by atoms with Gasteiger partial charge in [-0.25, -0.2) is 0 Å². The fraction of sp³-hybridized carbons (Fsp3) is 0.619. The number of aliphatic hydroxyl groups is 1. The van der Waals surface area contributed by atoms with Crippen molar-refractivity contribution in [1.82, 2.24) is 9.80 Å². The molecule has 1 N–H and O–H groups in total. The lowest BCUT2D eigenvalue weighted by molar-refractivity contribution is -0.148. The van der Waals surface area contributed by atoms with Crippen molar-refractivity contribution in [1.29, 1.82) is 0 Å². The van der Waals surface area contributed by atoms with Crippen LogP contribution in [0.1, 0.15) is 50.1 Å². The van der Waals surface area contributed by atoms with Gasteiger partial charge in [-0.15, -0.1) is 0 Å². The molecule has 4 atom stereocenters.